The summed E-state index contributed by atoms with van der Waals surface area (Å²) in [5, 5.41) is 10.7. The molecule has 27 heavy (non-hydrogen) atoms. The van der Waals surface area contributed by atoms with Gasteiger partial charge in [0.15, 0.2) is 0 Å². The minimum Gasteiger partial charge on any atom is -0.488 e. The van der Waals surface area contributed by atoms with Gasteiger partial charge in [-0.3, -0.25) is 4.98 Å². The van der Waals surface area contributed by atoms with Crippen molar-refractivity contribution in [3.63, 3.8) is 0 Å². The maximum atomic E-state index is 12.0. The molecule has 1 N–H and O–H groups in total. The molecular formula is C23H17NO3. The Bertz CT molecular complexity index is 1100. The zero-order valence-corrected chi connectivity index (χ0v) is 14.5. The van der Waals surface area contributed by atoms with Gasteiger partial charge in [-0.2, -0.15) is 0 Å². The molecule has 0 aliphatic carbocycles. The van der Waals surface area contributed by atoms with E-state index < -0.39 is 5.97 Å². The van der Waals surface area contributed by atoms with E-state index in [0.29, 0.717) is 16.9 Å². The molecule has 4 aromatic rings. The molecule has 0 saturated heterocycles. The standard InChI is InChI=1S/C23H17NO3/c25-23(26)22-17(9-6-11-18(22)16-7-2-1-3-8-16)15-27-21-13-14-24-20-12-5-4-10-19(20)21/h1-14H,15H2,(H,25,26). The molecule has 0 unspecified atom stereocenters. The molecule has 0 spiro atoms. The second-order valence-electron chi connectivity index (χ2n) is 6.13. The van der Waals surface area contributed by atoms with Crippen molar-refractivity contribution in [1.82, 2.24) is 4.98 Å². The third kappa shape index (κ3) is 3.37. The number of para-hydroxylation sites is 1. The minimum atomic E-state index is -0.965. The SMILES string of the molecule is O=C(O)c1c(COc2ccnc3ccccc23)cccc1-c1ccccc1. The third-order valence-corrected chi connectivity index (χ3v) is 4.44. The fraction of sp³-hybridized carbons (Fsp3) is 0.0435. The molecule has 0 saturated carbocycles. The van der Waals surface area contributed by atoms with E-state index >= 15 is 0 Å². The van der Waals surface area contributed by atoms with E-state index in [1.165, 1.54) is 0 Å². The summed E-state index contributed by atoms with van der Waals surface area (Å²) in [7, 11) is 0. The van der Waals surface area contributed by atoms with Gasteiger partial charge in [0, 0.05) is 17.1 Å². The number of carboxylic acid groups (broad SMARTS) is 1. The number of carboxylic acids is 1. The van der Waals surface area contributed by atoms with E-state index in [-0.39, 0.29) is 12.2 Å². The van der Waals surface area contributed by atoms with Crippen LogP contribution in [-0.4, -0.2) is 16.1 Å². The number of pyridine rings is 1. The Morgan fingerprint density at radius 3 is 2.48 bits per heavy atom. The van der Waals surface area contributed by atoms with Crippen LogP contribution in [0.15, 0.2) is 85.1 Å². The zero-order valence-electron chi connectivity index (χ0n) is 14.5. The summed E-state index contributed by atoms with van der Waals surface area (Å²) in [6.45, 7) is 0.163. The first-order valence-corrected chi connectivity index (χ1v) is 8.61. The number of carbonyl (C=O) groups is 1. The van der Waals surface area contributed by atoms with Gasteiger partial charge in [0.1, 0.15) is 12.4 Å². The van der Waals surface area contributed by atoms with E-state index in [2.05, 4.69) is 4.98 Å². The van der Waals surface area contributed by atoms with E-state index in [1.54, 1.807) is 18.3 Å². The number of nitrogens with zero attached hydrogens (tertiary/aromatic N) is 1. The number of ether oxygens (including phenoxy) is 1. The summed E-state index contributed by atoms with van der Waals surface area (Å²) in [4.78, 5) is 16.3. The van der Waals surface area contributed by atoms with Gasteiger partial charge in [0.25, 0.3) is 0 Å². The van der Waals surface area contributed by atoms with Gasteiger partial charge in [-0.15, -0.1) is 0 Å². The second kappa shape index (κ2) is 7.30. The molecule has 1 aromatic heterocycles. The molecular weight excluding hydrogens is 338 g/mol. The smallest absolute Gasteiger partial charge is 0.336 e. The Morgan fingerprint density at radius 1 is 0.889 bits per heavy atom. The van der Waals surface area contributed by atoms with Gasteiger partial charge in [0.2, 0.25) is 0 Å². The molecule has 0 aliphatic rings. The van der Waals surface area contributed by atoms with Crippen LogP contribution in [0, 0.1) is 0 Å². The lowest BCUT2D eigenvalue weighted by Gasteiger charge is -2.14. The number of fused-ring (bicyclic) bond motifs is 1. The molecule has 4 rings (SSSR count). The van der Waals surface area contributed by atoms with Crippen LogP contribution in [0.3, 0.4) is 0 Å². The molecule has 132 valence electrons. The molecule has 0 fully saturated rings. The number of hydrogen-bond donors (Lipinski definition) is 1. The molecule has 0 atom stereocenters. The molecule has 0 aliphatic heterocycles. The average Bonchev–Trinajstić information content (AvgIpc) is 2.72. The van der Waals surface area contributed by atoms with Gasteiger partial charge in [-0.25, -0.2) is 4.79 Å². The molecule has 0 amide bonds. The third-order valence-electron chi connectivity index (χ3n) is 4.44. The minimum absolute atomic E-state index is 0.163. The molecule has 4 nitrogen and oxygen atoms in total. The van der Waals surface area contributed by atoms with Crippen molar-refractivity contribution >= 4 is 16.9 Å². The Hall–Kier alpha value is -3.66. The van der Waals surface area contributed by atoms with Gasteiger partial charge < -0.3 is 9.84 Å². The lowest BCUT2D eigenvalue weighted by atomic mass is 9.95. The number of benzene rings is 3. The van der Waals surface area contributed by atoms with Crippen molar-refractivity contribution in [2.24, 2.45) is 0 Å². The van der Waals surface area contributed by atoms with Crippen LogP contribution in [0.5, 0.6) is 5.75 Å². The van der Waals surface area contributed by atoms with Crippen LogP contribution in [0.2, 0.25) is 0 Å². The summed E-state index contributed by atoms with van der Waals surface area (Å²) in [5.74, 6) is -0.283. The maximum Gasteiger partial charge on any atom is 0.336 e. The van der Waals surface area contributed by atoms with Crippen molar-refractivity contribution < 1.29 is 14.6 Å². The monoisotopic (exact) mass is 355 g/mol. The van der Waals surface area contributed by atoms with Crippen LogP contribution in [0.25, 0.3) is 22.0 Å². The highest BCUT2D eigenvalue weighted by atomic mass is 16.5. The van der Waals surface area contributed by atoms with Crippen molar-refractivity contribution in [2.45, 2.75) is 6.61 Å². The molecule has 0 radical (unpaired) electrons. The first-order valence-electron chi connectivity index (χ1n) is 8.61. The van der Waals surface area contributed by atoms with E-state index in [1.807, 2.05) is 66.7 Å². The fourth-order valence-corrected chi connectivity index (χ4v) is 3.18. The predicted octanol–water partition coefficient (Wildman–Crippen LogP) is 5.18. The highest BCUT2D eigenvalue weighted by Crippen LogP contribution is 2.29. The quantitative estimate of drug-likeness (QED) is 0.536. The molecule has 1 heterocycles. The van der Waals surface area contributed by atoms with Gasteiger partial charge in [-0.1, -0.05) is 60.7 Å². The first kappa shape index (κ1) is 16.8. The lowest BCUT2D eigenvalue weighted by molar-refractivity contribution is 0.0695. The highest BCUT2D eigenvalue weighted by molar-refractivity contribution is 5.97. The van der Waals surface area contributed by atoms with E-state index in [9.17, 15) is 9.90 Å². The fourth-order valence-electron chi connectivity index (χ4n) is 3.18. The van der Waals surface area contributed by atoms with Crippen LogP contribution in [-0.2, 0) is 6.61 Å². The summed E-state index contributed by atoms with van der Waals surface area (Å²) in [6, 6.07) is 24.5. The highest BCUT2D eigenvalue weighted by Gasteiger charge is 2.17. The van der Waals surface area contributed by atoms with Crippen molar-refractivity contribution in [2.75, 3.05) is 0 Å². The summed E-state index contributed by atoms with van der Waals surface area (Å²) in [6.07, 6.45) is 1.69. The van der Waals surface area contributed by atoms with Crippen molar-refractivity contribution in [3.05, 3.63) is 96.2 Å². The van der Waals surface area contributed by atoms with Gasteiger partial charge >= 0.3 is 5.97 Å². The number of aromatic carboxylic acids is 1. The van der Waals surface area contributed by atoms with E-state index in [0.717, 1.165) is 16.5 Å². The number of rotatable bonds is 5. The van der Waals surface area contributed by atoms with Crippen molar-refractivity contribution in [3.8, 4) is 16.9 Å². The summed E-state index contributed by atoms with van der Waals surface area (Å²) >= 11 is 0. The Balaban J connectivity index is 1.71. The second-order valence-corrected chi connectivity index (χ2v) is 6.13. The van der Waals surface area contributed by atoms with Crippen LogP contribution in [0.4, 0.5) is 0 Å². The van der Waals surface area contributed by atoms with Crippen LogP contribution < -0.4 is 4.74 Å². The maximum absolute atomic E-state index is 12.0. The van der Waals surface area contributed by atoms with Crippen LogP contribution >= 0.6 is 0 Å². The molecule has 0 bridgehead atoms. The lowest BCUT2D eigenvalue weighted by Crippen LogP contribution is -2.08. The summed E-state index contributed by atoms with van der Waals surface area (Å²) < 4.78 is 5.98. The van der Waals surface area contributed by atoms with Gasteiger partial charge in [0.05, 0.1) is 11.1 Å². The number of aromatic nitrogens is 1. The number of hydrogen-bond acceptors (Lipinski definition) is 3. The Kier molecular flexibility index (Phi) is 4.54. The topological polar surface area (TPSA) is 59.4 Å². The molecule has 4 heteroatoms. The summed E-state index contributed by atoms with van der Waals surface area (Å²) in [5.41, 5.74) is 3.29. The van der Waals surface area contributed by atoms with Crippen LogP contribution in [0.1, 0.15) is 15.9 Å². The first-order chi connectivity index (χ1) is 13.2. The Morgan fingerprint density at radius 2 is 1.67 bits per heavy atom. The van der Waals surface area contributed by atoms with Crippen molar-refractivity contribution in [1.29, 1.82) is 0 Å². The average molecular weight is 355 g/mol. The zero-order chi connectivity index (χ0) is 18.6. The largest absolute Gasteiger partial charge is 0.488 e. The normalized spacial score (nSPS) is 10.7. The van der Waals surface area contributed by atoms with Gasteiger partial charge in [-0.05, 0) is 29.3 Å². The molecule has 3 aromatic carbocycles. The predicted molar refractivity (Wildman–Crippen MR) is 105 cm³/mol. The Labute approximate surface area is 156 Å². The van der Waals surface area contributed by atoms with E-state index in [4.69, 9.17) is 4.74 Å².